The highest BCUT2D eigenvalue weighted by molar-refractivity contribution is 9.10. The normalized spacial score (nSPS) is 16.1. The fraction of sp³-hybridized carbons (Fsp3) is 0.409. The summed E-state index contributed by atoms with van der Waals surface area (Å²) in [5.41, 5.74) is 1.68. The van der Waals surface area contributed by atoms with Crippen LogP contribution in [0.1, 0.15) is 43.4 Å². The van der Waals surface area contributed by atoms with Crippen LogP contribution in [-0.2, 0) is 14.8 Å². The minimum atomic E-state index is -3.49. The molecule has 0 aliphatic carbocycles. The summed E-state index contributed by atoms with van der Waals surface area (Å²) in [7, 11) is -3.49. The molecule has 0 bridgehead atoms. The van der Waals surface area contributed by atoms with E-state index in [9.17, 15) is 13.2 Å². The van der Waals surface area contributed by atoms with Crippen molar-refractivity contribution in [3.63, 3.8) is 0 Å². The van der Waals surface area contributed by atoms with Gasteiger partial charge in [-0.05, 0) is 68.1 Å². The lowest BCUT2D eigenvalue weighted by Crippen LogP contribution is -2.35. The molecular weight excluding hydrogens is 468 g/mol. The van der Waals surface area contributed by atoms with Crippen LogP contribution >= 0.6 is 15.9 Å². The quantitative estimate of drug-likeness (QED) is 0.625. The van der Waals surface area contributed by atoms with Crippen LogP contribution in [0.2, 0.25) is 0 Å². The third kappa shape index (κ3) is 5.62. The molecule has 0 saturated carbocycles. The Balaban J connectivity index is 1.59. The van der Waals surface area contributed by atoms with Gasteiger partial charge in [-0.3, -0.25) is 4.79 Å². The number of rotatable bonds is 7. The summed E-state index contributed by atoms with van der Waals surface area (Å²) in [6.07, 6.45) is 2.86. The van der Waals surface area contributed by atoms with E-state index < -0.39 is 10.0 Å². The van der Waals surface area contributed by atoms with E-state index in [1.807, 2.05) is 31.2 Å². The van der Waals surface area contributed by atoms with E-state index in [2.05, 4.69) is 21.2 Å². The summed E-state index contributed by atoms with van der Waals surface area (Å²) >= 11 is 3.39. The summed E-state index contributed by atoms with van der Waals surface area (Å²) in [5, 5.41) is 2.90. The molecule has 3 rings (SSSR count). The van der Waals surface area contributed by atoms with Crippen molar-refractivity contribution in [1.82, 2.24) is 9.62 Å². The molecule has 2 aromatic carbocycles. The summed E-state index contributed by atoms with van der Waals surface area (Å²) in [6, 6.07) is 12.4. The zero-order valence-electron chi connectivity index (χ0n) is 17.2. The molecule has 1 aliphatic rings. The Morgan fingerprint density at radius 1 is 1.13 bits per heavy atom. The summed E-state index contributed by atoms with van der Waals surface area (Å²) in [5.74, 6) is 0.258. The number of carbonyl (C=O) groups is 1. The molecule has 30 heavy (non-hydrogen) atoms. The Bertz CT molecular complexity index is 987. The van der Waals surface area contributed by atoms with Crippen molar-refractivity contribution in [1.29, 1.82) is 0 Å². The van der Waals surface area contributed by atoms with Crippen LogP contribution in [0, 0.1) is 6.92 Å². The van der Waals surface area contributed by atoms with E-state index in [0.717, 1.165) is 29.3 Å². The number of carbonyl (C=O) groups excluding carboxylic acids is 1. The SMILES string of the molecule is Cc1cc(S(=O)(=O)N2CCCCC2)ccc1OCC(=O)NC(C)c1ccc(Br)cc1. The number of halogens is 1. The molecule has 0 aromatic heterocycles. The van der Waals surface area contributed by atoms with Crippen LogP contribution in [0.25, 0.3) is 0 Å². The van der Waals surface area contributed by atoms with Gasteiger partial charge in [-0.25, -0.2) is 8.42 Å². The maximum Gasteiger partial charge on any atom is 0.258 e. The Labute approximate surface area is 186 Å². The van der Waals surface area contributed by atoms with Gasteiger partial charge in [0.15, 0.2) is 6.61 Å². The smallest absolute Gasteiger partial charge is 0.258 e. The Hall–Kier alpha value is -1.90. The van der Waals surface area contributed by atoms with Gasteiger partial charge in [0.05, 0.1) is 10.9 Å². The minimum Gasteiger partial charge on any atom is -0.484 e. The zero-order chi connectivity index (χ0) is 21.7. The van der Waals surface area contributed by atoms with Crippen molar-refractivity contribution in [3.8, 4) is 5.75 Å². The molecule has 1 amide bonds. The van der Waals surface area contributed by atoms with Crippen molar-refractivity contribution in [2.45, 2.75) is 44.0 Å². The molecule has 1 saturated heterocycles. The van der Waals surface area contributed by atoms with Crippen molar-refractivity contribution in [3.05, 3.63) is 58.1 Å². The van der Waals surface area contributed by atoms with Gasteiger partial charge >= 0.3 is 0 Å². The molecule has 1 heterocycles. The monoisotopic (exact) mass is 494 g/mol. The molecule has 6 nitrogen and oxygen atoms in total. The topological polar surface area (TPSA) is 75.7 Å². The lowest BCUT2D eigenvalue weighted by atomic mass is 10.1. The maximum atomic E-state index is 12.8. The second-order valence-electron chi connectivity index (χ2n) is 7.52. The van der Waals surface area contributed by atoms with E-state index in [1.165, 1.54) is 0 Å². The number of hydrogen-bond acceptors (Lipinski definition) is 4. The van der Waals surface area contributed by atoms with Crippen LogP contribution in [0.3, 0.4) is 0 Å². The number of aryl methyl sites for hydroxylation is 1. The predicted octanol–water partition coefficient (Wildman–Crippen LogP) is 4.19. The van der Waals surface area contributed by atoms with Crippen molar-refractivity contribution in [2.24, 2.45) is 0 Å². The molecule has 0 spiro atoms. The second-order valence-corrected chi connectivity index (χ2v) is 10.4. The van der Waals surface area contributed by atoms with E-state index in [4.69, 9.17) is 4.74 Å². The summed E-state index contributed by atoms with van der Waals surface area (Å²) in [6.45, 7) is 4.69. The highest BCUT2D eigenvalue weighted by Gasteiger charge is 2.26. The third-order valence-corrected chi connectivity index (χ3v) is 7.63. The Kier molecular flexibility index (Phi) is 7.55. The number of benzene rings is 2. The molecular formula is C22H27BrN2O4S. The zero-order valence-corrected chi connectivity index (χ0v) is 19.6. The molecule has 8 heteroatoms. The Morgan fingerprint density at radius 2 is 1.80 bits per heavy atom. The van der Waals surface area contributed by atoms with E-state index in [1.54, 1.807) is 29.4 Å². The Morgan fingerprint density at radius 3 is 2.43 bits per heavy atom. The number of sulfonamides is 1. The third-order valence-electron chi connectivity index (χ3n) is 5.21. The van der Waals surface area contributed by atoms with Gasteiger partial charge in [-0.2, -0.15) is 4.31 Å². The van der Waals surface area contributed by atoms with Crippen molar-refractivity contribution in [2.75, 3.05) is 19.7 Å². The van der Waals surface area contributed by atoms with Crippen LogP contribution in [0.5, 0.6) is 5.75 Å². The maximum absolute atomic E-state index is 12.8. The first kappa shape index (κ1) is 22.8. The average Bonchev–Trinajstić information content (AvgIpc) is 2.73. The highest BCUT2D eigenvalue weighted by Crippen LogP contribution is 2.26. The van der Waals surface area contributed by atoms with Crippen LogP contribution in [0.15, 0.2) is 51.8 Å². The van der Waals surface area contributed by atoms with Gasteiger partial charge in [-0.1, -0.05) is 34.5 Å². The molecule has 162 valence electrons. The largest absolute Gasteiger partial charge is 0.484 e. The summed E-state index contributed by atoms with van der Waals surface area (Å²) in [4.78, 5) is 12.5. The van der Waals surface area contributed by atoms with E-state index >= 15 is 0 Å². The molecule has 0 radical (unpaired) electrons. The van der Waals surface area contributed by atoms with Gasteiger partial charge < -0.3 is 10.1 Å². The number of ether oxygens (including phenoxy) is 1. The van der Waals surface area contributed by atoms with E-state index in [-0.39, 0.29) is 23.5 Å². The number of nitrogens with zero attached hydrogens (tertiary/aromatic N) is 1. The standard InChI is InChI=1S/C22H27BrN2O4S/c1-16-14-20(30(27,28)25-12-4-3-5-13-25)10-11-21(16)29-15-22(26)24-17(2)18-6-8-19(23)9-7-18/h6-11,14,17H,3-5,12-13,15H2,1-2H3,(H,24,26). The van der Waals surface area contributed by atoms with Crippen molar-refractivity contribution >= 4 is 31.9 Å². The van der Waals surface area contributed by atoms with Crippen LogP contribution in [-0.4, -0.2) is 38.3 Å². The van der Waals surface area contributed by atoms with Gasteiger partial charge in [0.1, 0.15) is 5.75 Å². The van der Waals surface area contributed by atoms with Crippen LogP contribution in [0.4, 0.5) is 0 Å². The fourth-order valence-electron chi connectivity index (χ4n) is 3.46. The highest BCUT2D eigenvalue weighted by atomic mass is 79.9. The van der Waals surface area contributed by atoms with Gasteiger partial charge in [0.2, 0.25) is 10.0 Å². The number of piperidine rings is 1. The minimum absolute atomic E-state index is 0.139. The van der Waals surface area contributed by atoms with Crippen LogP contribution < -0.4 is 10.1 Å². The first-order valence-electron chi connectivity index (χ1n) is 10.1. The summed E-state index contributed by atoms with van der Waals surface area (Å²) < 4.78 is 33.8. The first-order chi connectivity index (χ1) is 14.3. The molecule has 1 fully saturated rings. The molecule has 1 N–H and O–H groups in total. The lowest BCUT2D eigenvalue weighted by Gasteiger charge is -2.26. The average molecular weight is 495 g/mol. The van der Waals surface area contributed by atoms with Crippen molar-refractivity contribution < 1.29 is 17.9 Å². The molecule has 1 atom stereocenters. The molecule has 2 aromatic rings. The van der Waals surface area contributed by atoms with E-state index in [0.29, 0.717) is 24.4 Å². The number of amides is 1. The number of hydrogen-bond donors (Lipinski definition) is 1. The molecule has 1 aliphatic heterocycles. The van der Waals surface area contributed by atoms with Gasteiger partial charge in [0.25, 0.3) is 5.91 Å². The molecule has 1 unspecified atom stereocenters. The number of nitrogens with one attached hydrogen (secondary N) is 1. The second kappa shape index (κ2) is 9.94. The first-order valence-corrected chi connectivity index (χ1v) is 12.3. The fourth-order valence-corrected chi connectivity index (χ4v) is 5.33. The predicted molar refractivity (Wildman–Crippen MR) is 120 cm³/mol. The lowest BCUT2D eigenvalue weighted by molar-refractivity contribution is -0.123. The van der Waals surface area contributed by atoms with Gasteiger partial charge in [0, 0.05) is 17.6 Å². The van der Waals surface area contributed by atoms with Gasteiger partial charge in [-0.15, -0.1) is 0 Å².